The molecule has 0 saturated carbocycles. The zero-order valence-electron chi connectivity index (χ0n) is 11.9. The van der Waals surface area contributed by atoms with Gasteiger partial charge in [0, 0.05) is 35.1 Å². The van der Waals surface area contributed by atoms with Gasteiger partial charge >= 0.3 is 0 Å². The van der Waals surface area contributed by atoms with Crippen molar-refractivity contribution in [3.05, 3.63) is 51.2 Å². The van der Waals surface area contributed by atoms with Crippen LogP contribution >= 0.6 is 11.3 Å². The number of thiophene rings is 1. The predicted molar refractivity (Wildman–Crippen MR) is 84.9 cm³/mol. The van der Waals surface area contributed by atoms with Crippen LogP contribution in [0, 0.1) is 13.8 Å². The van der Waals surface area contributed by atoms with Crippen LogP contribution in [0.4, 0.5) is 5.69 Å². The molecule has 0 amide bonds. The van der Waals surface area contributed by atoms with Crippen LogP contribution in [0.25, 0.3) is 0 Å². The van der Waals surface area contributed by atoms with E-state index in [9.17, 15) is 0 Å². The van der Waals surface area contributed by atoms with Crippen molar-refractivity contribution in [2.24, 2.45) is 5.73 Å². The summed E-state index contributed by atoms with van der Waals surface area (Å²) in [5.74, 6) is 0. The summed E-state index contributed by atoms with van der Waals surface area (Å²) in [7, 11) is 0. The minimum Gasteiger partial charge on any atom is -0.367 e. The maximum absolute atomic E-state index is 5.72. The summed E-state index contributed by atoms with van der Waals surface area (Å²) >= 11 is 1.81. The van der Waals surface area contributed by atoms with Gasteiger partial charge in [0.25, 0.3) is 0 Å². The molecule has 0 spiro atoms. The standard InChI is InChI=1S/C16H22N2S/c1-4-18(15-7-5-6-12(2)8-15)11-14-9-16(10-17)19-13(14)3/h5-9H,4,10-11,17H2,1-3H3. The maximum Gasteiger partial charge on any atom is 0.0440 e. The molecular weight excluding hydrogens is 252 g/mol. The Labute approximate surface area is 119 Å². The Hall–Kier alpha value is -1.32. The number of nitrogens with two attached hydrogens (primary N) is 1. The van der Waals surface area contributed by atoms with Crippen molar-refractivity contribution in [2.45, 2.75) is 33.9 Å². The second-order valence-corrected chi connectivity index (χ2v) is 6.19. The number of benzene rings is 1. The van der Waals surface area contributed by atoms with Crippen LogP contribution in [0.5, 0.6) is 0 Å². The Kier molecular flexibility index (Phi) is 4.61. The molecule has 0 atom stereocenters. The summed E-state index contributed by atoms with van der Waals surface area (Å²) < 4.78 is 0. The highest BCUT2D eigenvalue weighted by atomic mass is 32.1. The molecule has 1 aromatic carbocycles. The molecule has 0 aliphatic rings. The summed E-state index contributed by atoms with van der Waals surface area (Å²) in [6.07, 6.45) is 0. The van der Waals surface area contributed by atoms with Crippen molar-refractivity contribution in [1.82, 2.24) is 0 Å². The zero-order valence-corrected chi connectivity index (χ0v) is 12.8. The molecule has 2 N–H and O–H groups in total. The molecular formula is C16H22N2S. The molecule has 0 unspecified atom stereocenters. The normalized spacial score (nSPS) is 10.7. The first kappa shape index (κ1) is 14.1. The lowest BCUT2D eigenvalue weighted by Crippen LogP contribution is -2.22. The minimum atomic E-state index is 0.641. The number of nitrogens with zero attached hydrogens (tertiary/aromatic N) is 1. The van der Waals surface area contributed by atoms with Crippen LogP contribution in [0.15, 0.2) is 30.3 Å². The maximum atomic E-state index is 5.72. The number of anilines is 1. The first-order valence-electron chi connectivity index (χ1n) is 6.74. The first-order valence-corrected chi connectivity index (χ1v) is 7.55. The molecule has 0 saturated heterocycles. The monoisotopic (exact) mass is 274 g/mol. The van der Waals surface area contributed by atoms with Crippen molar-refractivity contribution in [2.75, 3.05) is 11.4 Å². The van der Waals surface area contributed by atoms with Gasteiger partial charge in [0.15, 0.2) is 0 Å². The van der Waals surface area contributed by atoms with Gasteiger partial charge in [-0.1, -0.05) is 12.1 Å². The quantitative estimate of drug-likeness (QED) is 0.897. The van der Waals surface area contributed by atoms with E-state index in [1.807, 2.05) is 11.3 Å². The van der Waals surface area contributed by atoms with E-state index in [4.69, 9.17) is 5.73 Å². The molecule has 0 aliphatic carbocycles. The molecule has 0 bridgehead atoms. The molecule has 2 rings (SSSR count). The fraction of sp³-hybridized carbons (Fsp3) is 0.375. The lowest BCUT2D eigenvalue weighted by Gasteiger charge is -2.23. The Morgan fingerprint density at radius 3 is 2.58 bits per heavy atom. The first-order chi connectivity index (χ1) is 9.13. The molecule has 2 aromatic rings. The molecule has 1 aromatic heterocycles. The third-order valence-corrected chi connectivity index (χ3v) is 4.50. The largest absolute Gasteiger partial charge is 0.367 e. The average molecular weight is 274 g/mol. The topological polar surface area (TPSA) is 29.3 Å². The van der Waals surface area contributed by atoms with Crippen molar-refractivity contribution < 1.29 is 0 Å². The summed E-state index contributed by atoms with van der Waals surface area (Å²) in [6.45, 7) is 9.14. The molecule has 102 valence electrons. The van der Waals surface area contributed by atoms with Crippen LogP contribution in [0.1, 0.15) is 27.8 Å². The van der Waals surface area contributed by atoms with E-state index in [1.165, 1.54) is 26.6 Å². The molecule has 2 nitrogen and oxygen atoms in total. The Morgan fingerprint density at radius 1 is 1.21 bits per heavy atom. The molecule has 1 heterocycles. The van der Waals surface area contributed by atoms with E-state index in [-0.39, 0.29) is 0 Å². The second-order valence-electron chi connectivity index (χ2n) is 4.85. The van der Waals surface area contributed by atoms with E-state index >= 15 is 0 Å². The van der Waals surface area contributed by atoms with Gasteiger partial charge in [-0.25, -0.2) is 0 Å². The van der Waals surface area contributed by atoms with Gasteiger partial charge in [-0.05, 0) is 50.1 Å². The fourth-order valence-corrected chi connectivity index (χ4v) is 3.19. The Balaban J connectivity index is 2.21. The number of hydrogen-bond donors (Lipinski definition) is 1. The molecule has 0 radical (unpaired) electrons. The van der Waals surface area contributed by atoms with Gasteiger partial charge in [0.1, 0.15) is 0 Å². The highest BCUT2D eigenvalue weighted by Crippen LogP contribution is 2.25. The summed E-state index contributed by atoms with van der Waals surface area (Å²) in [5.41, 5.74) is 9.72. The minimum absolute atomic E-state index is 0.641. The van der Waals surface area contributed by atoms with Gasteiger partial charge in [-0.2, -0.15) is 0 Å². The second kappa shape index (κ2) is 6.22. The summed E-state index contributed by atoms with van der Waals surface area (Å²) in [5, 5.41) is 0. The van der Waals surface area contributed by atoms with E-state index in [2.05, 4.69) is 56.0 Å². The van der Waals surface area contributed by atoms with Gasteiger partial charge in [0.05, 0.1) is 0 Å². The molecule has 19 heavy (non-hydrogen) atoms. The van der Waals surface area contributed by atoms with E-state index in [1.54, 1.807) is 0 Å². The van der Waals surface area contributed by atoms with Gasteiger partial charge in [-0.15, -0.1) is 11.3 Å². The number of aryl methyl sites for hydroxylation is 2. The molecule has 0 aliphatic heterocycles. The fourth-order valence-electron chi connectivity index (χ4n) is 2.26. The summed E-state index contributed by atoms with van der Waals surface area (Å²) in [4.78, 5) is 5.06. The van der Waals surface area contributed by atoms with Crippen molar-refractivity contribution in [3.8, 4) is 0 Å². The van der Waals surface area contributed by atoms with Crippen molar-refractivity contribution in [1.29, 1.82) is 0 Å². The van der Waals surface area contributed by atoms with Crippen molar-refractivity contribution >= 4 is 17.0 Å². The van der Waals surface area contributed by atoms with Gasteiger partial charge in [0.2, 0.25) is 0 Å². The predicted octanol–water partition coefficient (Wildman–Crippen LogP) is 3.85. The van der Waals surface area contributed by atoms with Gasteiger partial charge in [-0.3, -0.25) is 0 Å². The Morgan fingerprint density at radius 2 is 2.00 bits per heavy atom. The highest BCUT2D eigenvalue weighted by Gasteiger charge is 2.10. The summed E-state index contributed by atoms with van der Waals surface area (Å²) in [6, 6.07) is 10.9. The average Bonchev–Trinajstić information content (AvgIpc) is 2.76. The van der Waals surface area contributed by atoms with Crippen LogP contribution in [0.2, 0.25) is 0 Å². The van der Waals surface area contributed by atoms with E-state index < -0.39 is 0 Å². The van der Waals surface area contributed by atoms with Crippen LogP contribution in [-0.2, 0) is 13.1 Å². The van der Waals surface area contributed by atoms with Crippen LogP contribution < -0.4 is 10.6 Å². The third kappa shape index (κ3) is 3.37. The van der Waals surface area contributed by atoms with E-state index in [0.717, 1.165) is 13.1 Å². The number of rotatable bonds is 5. The molecule has 3 heteroatoms. The lowest BCUT2D eigenvalue weighted by atomic mass is 10.1. The van der Waals surface area contributed by atoms with Crippen LogP contribution in [-0.4, -0.2) is 6.54 Å². The zero-order chi connectivity index (χ0) is 13.8. The number of hydrogen-bond acceptors (Lipinski definition) is 3. The third-order valence-electron chi connectivity index (χ3n) is 3.38. The van der Waals surface area contributed by atoms with Crippen LogP contribution in [0.3, 0.4) is 0 Å². The van der Waals surface area contributed by atoms with Crippen molar-refractivity contribution in [3.63, 3.8) is 0 Å². The Bertz CT molecular complexity index is 545. The lowest BCUT2D eigenvalue weighted by molar-refractivity contribution is 0.829. The smallest absolute Gasteiger partial charge is 0.0440 e. The van der Waals surface area contributed by atoms with E-state index in [0.29, 0.717) is 6.54 Å². The SMILES string of the molecule is CCN(Cc1cc(CN)sc1C)c1cccc(C)c1. The highest BCUT2D eigenvalue weighted by molar-refractivity contribution is 7.12. The van der Waals surface area contributed by atoms with Gasteiger partial charge < -0.3 is 10.6 Å². The molecule has 0 fully saturated rings.